The third-order valence-electron chi connectivity index (χ3n) is 4.00. The van der Waals surface area contributed by atoms with Gasteiger partial charge in [-0.3, -0.25) is 14.4 Å². The zero-order chi connectivity index (χ0) is 16.0. The number of rotatable bonds is 6. The number of carbonyl (C=O) groups excluding carboxylic acids is 2. The van der Waals surface area contributed by atoms with E-state index in [0.29, 0.717) is 19.4 Å². The standard InChI is InChI=1S/C15H26N2O4/c1-4-8-17(10-13(18)16(2)3)14(19)11-6-5-7-12(9-11)15(20)21/h11-12H,4-10H2,1-3H3,(H,20,21). The molecule has 0 spiro atoms. The molecular weight excluding hydrogens is 272 g/mol. The van der Waals surface area contributed by atoms with E-state index >= 15 is 0 Å². The Morgan fingerprint density at radius 1 is 1.14 bits per heavy atom. The summed E-state index contributed by atoms with van der Waals surface area (Å²) < 4.78 is 0. The van der Waals surface area contributed by atoms with Gasteiger partial charge >= 0.3 is 5.97 Å². The molecule has 0 aromatic rings. The van der Waals surface area contributed by atoms with Gasteiger partial charge in [-0.25, -0.2) is 0 Å². The summed E-state index contributed by atoms with van der Waals surface area (Å²) in [6.45, 7) is 2.57. The van der Waals surface area contributed by atoms with Crippen molar-refractivity contribution in [2.24, 2.45) is 11.8 Å². The van der Waals surface area contributed by atoms with E-state index < -0.39 is 11.9 Å². The highest BCUT2D eigenvalue weighted by Crippen LogP contribution is 2.30. The molecular formula is C15H26N2O4. The van der Waals surface area contributed by atoms with Crippen molar-refractivity contribution >= 4 is 17.8 Å². The first-order chi connectivity index (χ1) is 9.86. The molecule has 1 aliphatic carbocycles. The van der Waals surface area contributed by atoms with Gasteiger partial charge in [-0.1, -0.05) is 13.3 Å². The van der Waals surface area contributed by atoms with Crippen molar-refractivity contribution in [3.63, 3.8) is 0 Å². The van der Waals surface area contributed by atoms with Gasteiger partial charge in [0.1, 0.15) is 0 Å². The molecule has 1 N–H and O–H groups in total. The predicted octanol–water partition coefficient (Wildman–Crippen LogP) is 1.20. The topological polar surface area (TPSA) is 77.9 Å². The molecule has 0 aromatic heterocycles. The Hall–Kier alpha value is -1.59. The molecule has 2 atom stereocenters. The molecule has 2 unspecified atom stereocenters. The second-order valence-corrected chi connectivity index (χ2v) is 5.95. The molecule has 2 amide bonds. The van der Waals surface area contributed by atoms with Crippen LogP contribution < -0.4 is 0 Å². The normalized spacial score (nSPS) is 21.7. The fourth-order valence-corrected chi connectivity index (χ4v) is 2.74. The van der Waals surface area contributed by atoms with Gasteiger partial charge in [0.2, 0.25) is 11.8 Å². The molecule has 120 valence electrons. The molecule has 0 aromatic carbocycles. The number of amides is 2. The molecule has 21 heavy (non-hydrogen) atoms. The SMILES string of the molecule is CCCN(CC(=O)N(C)C)C(=O)C1CCCC(C(=O)O)C1. The van der Waals surface area contributed by atoms with Crippen molar-refractivity contribution in [1.29, 1.82) is 0 Å². The maximum atomic E-state index is 12.6. The van der Waals surface area contributed by atoms with Gasteiger partial charge in [-0.15, -0.1) is 0 Å². The first kappa shape index (κ1) is 17.5. The second kappa shape index (κ2) is 8.00. The lowest BCUT2D eigenvalue weighted by Crippen LogP contribution is -2.44. The summed E-state index contributed by atoms with van der Waals surface area (Å²) in [5, 5.41) is 9.11. The summed E-state index contributed by atoms with van der Waals surface area (Å²) in [6.07, 6.45) is 3.30. The van der Waals surface area contributed by atoms with E-state index in [1.165, 1.54) is 4.90 Å². The monoisotopic (exact) mass is 298 g/mol. The molecule has 6 heteroatoms. The first-order valence-electron chi connectivity index (χ1n) is 7.58. The van der Waals surface area contributed by atoms with E-state index in [2.05, 4.69) is 0 Å². The molecule has 1 saturated carbocycles. The van der Waals surface area contributed by atoms with Gasteiger partial charge in [0.15, 0.2) is 0 Å². The number of hydrogen-bond acceptors (Lipinski definition) is 3. The van der Waals surface area contributed by atoms with Crippen molar-refractivity contribution in [2.75, 3.05) is 27.2 Å². The molecule has 0 bridgehead atoms. The summed E-state index contributed by atoms with van der Waals surface area (Å²) >= 11 is 0. The van der Waals surface area contributed by atoms with Crippen LogP contribution in [0, 0.1) is 11.8 Å². The summed E-state index contributed by atoms with van der Waals surface area (Å²) in [5.74, 6) is -1.69. The van der Waals surface area contributed by atoms with E-state index in [-0.39, 0.29) is 24.3 Å². The van der Waals surface area contributed by atoms with Gasteiger partial charge < -0.3 is 14.9 Å². The van der Waals surface area contributed by atoms with Gasteiger partial charge in [0, 0.05) is 26.6 Å². The molecule has 0 radical (unpaired) electrons. The molecule has 0 aliphatic heterocycles. The molecule has 1 fully saturated rings. The lowest BCUT2D eigenvalue weighted by atomic mass is 9.80. The van der Waals surface area contributed by atoms with Crippen LogP contribution in [0.2, 0.25) is 0 Å². The van der Waals surface area contributed by atoms with Crippen molar-refractivity contribution in [1.82, 2.24) is 9.80 Å². The van der Waals surface area contributed by atoms with Gasteiger partial charge in [-0.2, -0.15) is 0 Å². The highest BCUT2D eigenvalue weighted by molar-refractivity contribution is 5.86. The van der Waals surface area contributed by atoms with Crippen LogP contribution >= 0.6 is 0 Å². The van der Waals surface area contributed by atoms with Crippen molar-refractivity contribution in [3.05, 3.63) is 0 Å². The average Bonchev–Trinajstić information content (AvgIpc) is 2.45. The Labute approximate surface area is 126 Å². The van der Waals surface area contributed by atoms with Gasteiger partial charge in [0.25, 0.3) is 0 Å². The minimum atomic E-state index is -0.820. The van der Waals surface area contributed by atoms with Crippen LogP contribution in [0.4, 0.5) is 0 Å². The Morgan fingerprint density at radius 2 is 1.76 bits per heavy atom. The number of carboxylic acids is 1. The van der Waals surface area contributed by atoms with Crippen LogP contribution in [0.3, 0.4) is 0 Å². The number of carbonyl (C=O) groups is 3. The number of carboxylic acid groups (broad SMARTS) is 1. The third kappa shape index (κ3) is 5.02. The third-order valence-corrected chi connectivity index (χ3v) is 4.00. The quantitative estimate of drug-likeness (QED) is 0.799. The number of likely N-dealkylation sites (N-methyl/N-ethyl adjacent to an activating group) is 1. The molecule has 6 nitrogen and oxygen atoms in total. The highest BCUT2D eigenvalue weighted by Gasteiger charge is 2.33. The highest BCUT2D eigenvalue weighted by atomic mass is 16.4. The Balaban J connectivity index is 2.71. The smallest absolute Gasteiger partial charge is 0.306 e. The Morgan fingerprint density at radius 3 is 2.29 bits per heavy atom. The molecule has 0 heterocycles. The van der Waals surface area contributed by atoms with Gasteiger partial charge in [-0.05, 0) is 25.7 Å². The van der Waals surface area contributed by atoms with Crippen LogP contribution in [0.1, 0.15) is 39.0 Å². The lowest BCUT2D eigenvalue weighted by molar-refractivity contribution is -0.147. The summed E-state index contributed by atoms with van der Waals surface area (Å²) in [5.41, 5.74) is 0. The number of aliphatic carboxylic acids is 1. The fourth-order valence-electron chi connectivity index (χ4n) is 2.74. The Kier molecular flexibility index (Phi) is 6.65. The van der Waals surface area contributed by atoms with E-state index in [1.807, 2.05) is 6.92 Å². The zero-order valence-electron chi connectivity index (χ0n) is 13.2. The van der Waals surface area contributed by atoms with Crippen molar-refractivity contribution < 1.29 is 19.5 Å². The van der Waals surface area contributed by atoms with E-state index in [1.54, 1.807) is 19.0 Å². The number of hydrogen-bond donors (Lipinski definition) is 1. The number of nitrogens with zero attached hydrogens (tertiary/aromatic N) is 2. The summed E-state index contributed by atoms with van der Waals surface area (Å²) in [6, 6.07) is 0. The summed E-state index contributed by atoms with van der Waals surface area (Å²) in [7, 11) is 3.33. The fraction of sp³-hybridized carbons (Fsp3) is 0.800. The molecule has 0 saturated heterocycles. The predicted molar refractivity (Wildman–Crippen MR) is 78.6 cm³/mol. The molecule has 1 rings (SSSR count). The minimum Gasteiger partial charge on any atom is -0.481 e. The van der Waals surface area contributed by atoms with E-state index in [9.17, 15) is 14.4 Å². The average molecular weight is 298 g/mol. The van der Waals surface area contributed by atoms with E-state index in [4.69, 9.17) is 5.11 Å². The Bertz CT molecular complexity index is 395. The van der Waals surface area contributed by atoms with Crippen LogP contribution in [-0.4, -0.2) is 59.9 Å². The summed E-state index contributed by atoms with van der Waals surface area (Å²) in [4.78, 5) is 38.6. The largest absolute Gasteiger partial charge is 0.481 e. The van der Waals surface area contributed by atoms with Crippen LogP contribution in [0.25, 0.3) is 0 Å². The van der Waals surface area contributed by atoms with Crippen molar-refractivity contribution in [3.8, 4) is 0 Å². The maximum absolute atomic E-state index is 12.6. The minimum absolute atomic E-state index is 0.0713. The lowest BCUT2D eigenvalue weighted by Gasteiger charge is -2.31. The van der Waals surface area contributed by atoms with Crippen LogP contribution in [0.5, 0.6) is 0 Å². The van der Waals surface area contributed by atoms with Crippen LogP contribution in [-0.2, 0) is 14.4 Å². The van der Waals surface area contributed by atoms with E-state index in [0.717, 1.165) is 19.3 Å². The first-order valence-corrected chi connectivity index (χ1v) is 7.58. The van der Waals surface area contributed by atoms with Gasteiger partial charge in [0.05, 0.1) is 12.5 Å². The zero-order valence-corrected chi connectivity index (χ0v) is 13.2. The maximum Gasteiger partial charge on any atom is 0.306 e. The molecule has 1 aliphatic rings. The van der Waals surface area contributed by atoms with Crippen LogP contribution in [0.15, 0.2) is 0 Å². The van der Waals surface area contributed by atoms with Crippen molar-refractivity contribution in [2.45, 2.75) is 39.0 Å². The second-order valence-electron chi connectivity index (χ2n) is 5.95.